The van der Waals surface area contributed by atoms with E-state index >= 15 is 0 Å². The van der Waals surface area contributed by atoms with Gasteiger partial charge < -0.3 is 4.90 Å². The first-order valence-electron chi connectivity index (χ1n) is 8.28. The van der Waals surface area contributed by atoms with Crippen molar-refractivity contribution in [1.82, 2.24) is 0 Å². The number of anilines is 1. The Labute approximate surface area is 157 Å². The molecule has 0 radical (unpaired) electrons. The average molecular weight is 366 g/mol. The van der Waals surface area contributed by atoms with E-state index in [9.17, 15) is 0 Å². The van der Waals surface area contributed by atoms with E-state index in [1.165, 1.54) is 21.2 Å². The predicted molar refractivity (Wildman–Crippen MR) is 106 cm³/mol. The molecular weight excluding hydrogens is 348 g/mol. The van der Waals surface area contributed by atoms with Crippen LogP contribution >= 0.6 is 23.4 Å². The van der Waals surface area contributed by atoms with Crippen molar-refractivity contribution in [2.75, 3.05) is 11.4 Å². The minimum atomic E-state index is 0.753. The molecule has 0 spiro atoms. The van der Waals surface area contributed by atoms with E-state index in [0.717, 1.165) is 17.3 Å². The fourth-order valence-corrected chi connectivity index (χ4v) is 4.26. The number of fused-ring (bicyclic) bond motifs is 1. The number of pyridine rings is 1. The second kappa shape index (κ2) is 6.95. The minimum Gasteiger partial charge on any atom is -0.335 e. The van der Waals surface area contributed by atoms with Crippen LogP contribution in [0.3, 0.4) is 0 Å². The van der Waals surface area contributed by atoms with Crippen LogP contribution in [0.1, 0.15) is 12.5 Å². The molecule has 2 nitrogen and oxygen atoms in total. The first kappa shape index (κ1) is 16.2. The average Bonchev–Trinajstić information content (AvgIpc) is 3.00. The fraction of sp³-hybridized carbons (Fsp3) is 0.0952. The molecule has 4 heteroatoms. The molecule has 25 heavy (non-hydrogen) atoms. The summed E-state index contributed by atoms with van der Waals surface area (Å²) in [7, 11) is 0. The smallest absolute Gasteiger partial charge is 0.210 e. The summed E-state index contributed by atoms with van der Waals surface area (Å²) in [6.07, 6.45) is 6.41. The third-order valence-corrected chi connectivity index (χ3v) is 5.59. The quantitative estimate of drug-likeness (QED) is 0.562. The van der Waals surface area contributed by atoms with Gasteiger partial charge in [0.15, 0.2) is 12.4 Å². The molecule has 4 rings (SSSR count). The third kappa shape index (κ3) is 3.30. The van der Waals surface area contributed by atoms with Gasteiger partial charge in [-0.3, -0.25) is 0 Å². The number of hydrogen-bond donors (Lipinski definition) is 0. The Bertz CT molecular complexity index is 917. The Morgan fingerprint density at radius 1 is 1.00 bits per heavy atom. The summed E-state index contributed by atoms with van der Waals surface area (Å²) in [4.78, 5) is 3.68. The van der Waals surface area contributed by atoms with Gasteiger partial charge in [0.2, 0.25) is 5.69 Å². The van der Waals surface area contributed by atoms with Crippen molar-refractivity contribution in [2.45, 2.75) is 11.8 Å². The number of nitrogens with zero attached hydrogens (tertiary/aromatic N) is 2. The van der Waals surface area contributed by atoms with Gasteiger partial charge in [-0.25, -0.2) is 0 Å². The zero-order chi connectivity index (χ0) is 17.2. The van der Waals surface area contributed by atoms with Crippen LogP contribution in [0.25, 0.3) is 11.8 Å². The van der Waals surface area contributed by atoms with Gasteiger partial charge in [-0.2, -0.15) is 4.57 Å². The Morgan fingerprint density at radius 3 is 2.44 bits per heavy atom. The SMILES string of the molecule is CCN1/C(=C/c2cc[n+](-c3ccc(Cl)cc3)cc2)Sc2ccccc21. The highest BCUT2D eigenvalue weighted by Crippen LogP contribution is 2.46. The third-order valence-electron chi connectivity index (χ3n) is 4.22. The number of para-hydroxylation sites is 1. The lowest BCUT2D eigenvalue weighted by atomic mass is 10.2. The fourth-order valence-electron chi connectivity index (χ4n) is 2.95. The molecule has 0 saturated heterocycles. The number of halogens is 1. The summed E-state index contributed by atoms with van der Waals surface area (Å²) < 4.78 is 2.09. The lowest BCUT2D eigenvalue weighted by Crippen LogP contribution is -2.29. The maximum atomic E-state index is 5.96. The van der Waals surface area contributed by atoms with Gasteiger partial charge in [0.1, 0.15) is 0 Å². The Morgan fingerprint density at radius 2 is 1.72 bits per heavy atom. The lowest BCUT2D eigenvalue weighted by molar-refractivity contribution is -0.595. The first-order valence-corrected chi connectivity index (χ1v) is 9.47. The molecule has 1 aromatic heterocycles. The van der Waals surface area contributed by atoms with Crippen molar-refractivity contribution in [3.05, 3.63) is 88.7 Å². The normalized spacial score (nSPS) is 14.8. The van der Waals surface area contributed by atoms with Crippen LogP contribution in [0.2, 0.25) is 5.02 Å². The Kier molecular flexibility index (Phi) is 4.51. The molecule has 2 aromatic carbocycles. The van der Waals surface area contributed by atoms with Crippen LogP contribution < -0.4 is 9.47 Å². The van der Waals surface area contributed by atoms with Gasteiger partial charge in [0.05, 0.1) is 10.7 Å². The van der Waals surface area contributed by atoms with E-state index < -0.39 is 0 Å². The van der Waals surface area contributed by atoms with Gasteiger partial charge in [-0.15, -0.1) is 0 Å². The predicted octanol–water partition coefficient (Wildman–Crippen LogP) is 5.55. The molecular formula is C21H18ClN2S+. The van der Waals surface area contributed by atoms with Crippen LogP contribution in [-0.2, 0) is 0 Å². The number of thioether (sulfide) groups is 1. The van der Waals surface area contributed by atoms with E-state index in [1.807, 2.05) is 36.0 Å². The molecule has 0 fully saturated rings. The molecule has 0 amide bonds. The minimum absolute atomic E-state index is 0.753. The molecule has 2 heterocycles. The highest BCUT2D eigenvalue weighted by atomic mass is 35.5. The van der Waals surface area contributed by atoms with E-state index in [1.54, 1.807) is 0 Å². The van der Waals surface area contributed by atoms with Crippen LogP contribution in [0.15, 0.2) is 83.0 Å². The highest BCUT2D eigenvalue weighted by Gasteiger charge is 2.23. The van der Waals surface area contributed by atoms with Crippen molar-refractivity contribution in [1.29, 1.82) is 0 Å². The van der Waals surface area contributed by atoms with Gasteiger partial charge in [0.25, 0.3) is 0 Å². The number of benzene rings is 2. The Balaban J connectivity index is 1.61. The molecule has 0 saturated carbocycles. The topological polar surface area (TPSA) is 7.12 Å². The molecule has 0 unspecified atom stereocenters. The zero-order valence-corrected chi connectivity index (χ0v) is 15.5. The van der Waals surface area contributed by atoms with Crippen molar-refractivity contribution < 1.29 is 4.57 Å². The van der Waals surface area contributed by atoms with Crippen molar-refractivity contribution in [3.8, 4) is 5.69 Å². The van der Waals surface area contributed by atoms with E-state index in [2.05, 4.69) is 71.3 Å². The molecule has 1 aliphatic heterocycles. The monoisotopic (exact) mass is 365 g/mol. The largest absolute Gasteiger partial charge is 0.335 e. The van der Waals surface area contributed by atoms with Crippen molar-refractivity contribution >= 4 is 35.1 Å². The zero-order valence-electron chi connectivity index (χ0n) is 13.9. The molecule has 0 N–H and O–H groups in total. The van der Waals surface area contributed by atoms with Crippen molar-refractivity contribution in [3.63, 3.8) is 0 Å². The lowest BCUT2D eigenvalue weighted by Gasteiger charge is -2.17. The highest BCUT2D eigenvalue weighted by molar-refractivity contribution is 8.03. The molecule has 124 valence electrons. The Hall–Kier alpha value is -2.23. The number of rotatable bonds is 3. The summed E-state index contributed by atoms with van der Waals surface area (Å²) in [5.74, 6) is 0. The maximum absolute atomic E-state index is 5.96. The number of aromatic nitrogens is 1. The van der Waals surface area contributed by atoms with Crippen LogP contribution in [0.5, 0.6) is 0 Å². The summed E-state index contributed by atoms with van der Waals surface area (Å²) in [5, 5.41) is 2.02. The van der Waals surface area contributed by atoms with E-state index in [0.29, 0.717) is 0 Å². The molecule has 3 aromatic rings. The summed E-state index contributed by atoms with van der Waals surface area (Å²) in [6.45, 7) is 3.16. The van der Waals surface area contributed by atoms with Gasteiger partial charge in [0, 0.05) is 40.7 Å². The van der Waals surface area contributed by atoms with E-state index in [4.69, 9.17) is 11.6 Å². The van der Waals surface area contributed by atoms with Crippen LogP contribution in [-0.4, -0.2) is 6.54 Å². The van der Waals surface area contributed by atoms with Gasteiger partial charge >= 0.3 is 0 Å². The molecule has 0 atom stereocenters. The summed E-state index contributed by atoms with van der Waals surface area (Å²) >= 11 is 7.79. The second-order valence-electron chi connectivity index (χ2n) is 5.81. The second-order valence-corrected chi connectivity index (χ2v) is 7.31. The molecule has 0 aliphatic carbocycles. The summed E-state index contributed by atoms with van der Waals surface area (Å²) in [5.41, 5.74) is 3.59. The van der Waals surface area contributed by atoms with Crippen LogP contribution in [0.4, 0.5) is 5.69 Å². The first-order chi connectivity index (χ1) is 12.2. The summed E-state index contributed by atoms with van der Waals surface area (Å²) in [6, 6.07) is 20.7. The standard InChI is InChI=1S/C21H18ClN2S/c1-2-24-19-5-3-4-6-20(19)25-21(24)15-16-11-13-23(14-12-16)18-9-7-17(22)8-10-18/h3-15H,2H2,1H3/q+1. The molecule has 1 aliphatic rings. The van der Waals surface area contributed by atoms with Crippen LogP contribution in [0, 0.1) is 0 Å². The van der Waals surface area contributed by atoms with Gasteiger partial charge in [-0.1, -0.05) is 35.5 Å². The van der Waals surface area contributed by atoms with E-state index in [-0.39, 0.29) is 0 Å². The maximum Gasteiger partial charge on any atom is 0.210 e. The van der Waals surface area contributed by atoms with Crippen molar-refractivity contribution in [2.24, 2.45) is 0 Å². The molecule has 0 bridgehead atoms. The van der Waals surface area contributed by atoms with Gasteiger partial charge in [-0.05, 0) is 42.8 Å². The number of hydrogen-bond acceptors (Lipinski definition) is 2.